The summed E-state index contributed by atoms with van der Waals surface area (Å²) in [6, 6.07) is 0. The normalized spacial score (nSPS) is 10.5. The first kappa shape index (κ1) is 9.31. The lowest BCUT2D eigenvalue weighted by molar-refractivity contribution is 0.195. The lowest BCUT2D eigenvalue weighted by Crippen LogP contribution is -2.38. The second kappa shape index (κ2) is 4.30. The number of aromatic nitrogens is 2. The SMILES string of the molecule is CC=CCN(C(=O)O)n1ccnc1. The number of hydrogen-bond donors (Lipinski definition) is 1. The zero-order valence-electron chi connectivity index (χ0n) is 7.29. The van der Waals surface area contributed by atoms with E-state index in [0.29, 0.717) is 6.54 Å². The Morgan fingerprint density at radius 3 is 3.00 bits per heavy atom. The quantitative estimate of drug-likeness (QED) is 0.710. The molecule has 0 atom stereocenters. The molecule has 1 aromatic rings. The highest BCUT2D eigenvalue weighted by Gasteiger charge is 2.10. The van der Waals surface area contributed by atoms with Crippen LogP contribution in [0.5, 0.6) is 0 Å². The molecule has 1 aromatic heterocycles. The van der Waals surface area contributed by atoms with Crippen molar-refractivity contribution in [3.8, 4) is 0 Å². The number of hydrogen-bond acceptors (Lipinski definition) is 2. The minimum Gasteiger partial charge on any atom is -0.464 e. The number of carbonyl (C=O) groups is 1. The summed E-state index contributed by atoms with van der Waals surface area (Å²) < 4.78 is 1.42. The number of rotatable bonds is 3. The summed E-state index contributed by atoms with van der Waals surface area (Å²) in [5, 5.41) is 9.96. The van der Waals surface area contributed by atoms with E-state index in [2.05, 4.69) is 4.98 Å². The van der Waals surface area contributed by atoms with Crippen LogP contribution in [0.15, 0.2) is 30.9 Å². The van der Waals surface area contributed by atoms with Crippen LogP contribution in [0, 0.1) is 0 Å². The van der Waals surface area contributed by atoms with E-state index in [9.17, 15) is 4.79 Å². The number of nitrogens with zero attached hydrogens (tertiary/aromatic N) is 3. The zero-order chi connectivity index (χ0) is 9.68. The average molecular weight is 181 g/mol. The first-order chi connectivity index (χ1) is 6.25. The van der Waals surface area contributed by atoms with E-state index < -0.39 is 6.09 Å². The van der Waals surface area contributed by atoms with Gasteiger partial charge in [0.15, 0.2) is 0 Å². The maximum absolute atomic E-state index is 10.7. The van der Waals surface area contributed by atoms with E-state index >= 15 is 0 Å². The Morgan fingerprint density at radius 2 is 2.54 bits per heavy atom. The molecule has 70 valence electrons. The van der Waals surface area contributed by atoms with Crippen LogP contribution in [0.1, 0.15) is 6.92 Å². The molecule has 0 aromatic carbocycles. The highest BCUT2D eigenvalue weighted by Crippen LogP contribution is 1.92. The Labute approximate surface area is 75.9 Å². The van der Waals surface area contributed by atoms with Gasteiger partial charge in [0, 0.05) is 12.4 Å². The minimum absolute atomic E-state index is 0.322. The fraction of sp³-hybridized carbons (Fsp3) is 0.250. The van der Waals surface area contributed by atoms with Gasteiger partial charge < -0.3 is 5.11 Å². The van der Waals surface area contributed by atoms with Crippen LogP contribution >= 0.6 is 0 Å². The number of allylic oxidation sites excluding steroid dienone is 1. The van der Waals surface area contributed by atoms with Crippen LogP contribution in [-0.2, 0) is 0 Å². The Bertz CT molecular complexity index is 292. The molecule has 0 fully saturated rings. The molecule has 0 aliphatic heterocycles. The van der Waals surface area contributed by atoms with Crippen molar-refractivity contribution in [2.75, 3.05) is 11.6 Å². The molecule has 0 bridgehead atoms. The third-order valence-corrected chi connectivity index (χ3v) is 1.50. The molecule has 1 amide bonds. The van der Waals surface area contributed by atoms with Crippen LogP contribution in [0.4, 0.5) is 4.79 Å². The molecule has 0 spiro atoms. The summed E-state index contributed by atoms with van der Waals surface area (Å²) in [6.45, 7) is 2.16. The Balaban J connectivity index is 2.74. The highest BCUT2D eigenvalue weighted by molar-refractivity contribution is 5.76. The van der Waals surface area contributed by atoms with Gasteiger partial charge in [-0.3, -0.25) is 0 Å². The summed E-state index contributed by atoms with van der Waals surface area (Å²) in [5.41, 5.74) is 0. The molecule has 5 heteroatoms. The van der Waals surface area contributed by atoms with Gasteiger partial charge in [-0.1, -0.05) is 12.2 Å². The van der Waals surface area contributed by atoms with Gasteiger partial charge in [0.2, 0.25) is 0 Å². The Kier molecular flexibility index (Phi) is 3.08. The van der Waals surface area contributed by atoms with Gasteiger partial charge in [-0.2, -0.15) is 0 Å². The first-order valence-corrected chi connectivity index (χ1v) is 3.85. The Morgan fingerprint density at radius 1 is 1.77 bits per heavy atom. The maximum Gasteiger partial charge on any atom is 0.426 e. The Hall–Kier alpha value is -1.78. The van der Waals surface area contributed by atoms with Gasteiger partial charge >= 0.3 is 6.09 Å². The zero-order valence-corrected chi connectivity index (χ0v) is 7.29. The molecule has 0 unspecified atom stereocenters. The average Bonchev–Trinajstić information content (AvgIpc) is 2.57. The molecule has 0 radical (unpaired) electrons. The summed E-state index contributed by atoms with van der Waals surface area (Å²) >= 11 is 0. The van der Waals surface area contributed by atoms with Crippen LogP contribution in [0.2, 0.25) is 0 Å². The van der Waals surface area contributed by atoms with Crippen LogP contribution < -0.4 is 5.01 Å². The number of imidazole rings is 1. The number of amides is 1. The molecule has 0 aliphatic carbocycles. The van der Waals surface area contributed by atoms with Crippen molar-refractivity contribution in [1.82, 2.24) is 9.66 Å². The maximum atomic E-state index is 10.7. The fourth-order valence-corrected chi connectivity index (χ4v) is 0.871. The monoisotopic (exact) mass is 181 g/mol. The van der Waals surface area contributed by atoms with E-state index in [1.54, 1.807) is 18.3 Å². The predicted molar refractivity (Wildman–Crippen MR) is 48.1 cm³/mol. The predicted octanol–water partition coefficient (Wildman–Crippen LogP) is 1.08. The van der Waals surface area contributed by atoms with Crippen molar-refractivity contribution >= 4 is 6.09 Å². The van der Waals surface area contributed by atoms with Crippen LogP contribution in [0.3, 0.4) is 0 Å². The van der Waals surface area contributed by atoms with E-state index in [0.717, 1.165) is 5.01 Å². The smallest absolute Gasteiger partial charge is 0.426 e. The van der Waals surface area contributed by atoms with Crippen molar-refractivity contribution in [3.63, 3.8) is 0 Å². The van der Waals surface area contributed by atoms with Gasteiger partial charge in [-0.15, -0.1) is 0 Å². The van der Waals surface area contributed by atoms with E-state index in [4.69, 9.17) is 5.11 Å². The second-order valence-corrected chi connectivity index (χ2v) is 2.38. The number of carboxylic acid groups (broad SMARTS) is 1. The largest absolute Gasteiger partial charge is 0.464 e. The topological polar surface area (TPSA) is 58.4 Å². The van der Waals surface area contributed by atoms with Gasteiger partial charge in [-0.05, 0) is 6.92 Å². The van der Waals surface area contributed by atoms with E-state index in [1.165, 1.54) is 17.2 Å². The molecule has 0 aliphatic rings. The van der Waals surface area contributed by atoms with Crippen molar-refractivity contribution in [2.24, 2.45) is 0 Å². The van der Waals surface area contributed by atoms with Crippen molar-refractivity contribution in [3.05, 3.63) is 30.9 Å². The van der Waals surface area contributed by atoms with E-state index in [1.807, 2.05) is 6.92 Å². The van der Waals surface area contributed by atoms with Crippen molar-refractivity contribution in [2.45, 2.75) is 6.92 Å². The third-order valence-electron chi connectivity index (χ3n) is 1.50. The fourth-order valence-electron chi connectivity index (χ4n) is 0.871. The minimum atomic E-state index is -1.00. The highest BCUT2D eigenvalue weighted by atomic mass is 16.4. The summed E-state index contributed by atoms with van der Waals surface area (Å²) in [6.07, 6.45) is 7.11. The van der Waals surface area contributed by atoms with Gasteiger partial charge in [0.05, 0.1) is 6.54 Å². The summed E-state index contributed by atoms with van der Waals surface area (Å²) in [5.74, 6) is 0. The standard InChI is InChI=1S/C8H11N3O2/c1-2-3-5-11(8(12)13)10-6-4-9-7-10/h2-4,6-7H,5H2,1H3,(H,12,13). The molecular formula is C8H11N3O2. The molecule has 1 rings (SSSR count). The van der Waals surface area contributed by atoms with Gasteiger partial charge in [-0.25, -0.2) is 19.5 Å². The van der Waals surface area contributed by atoms with Crippen molar-refractivity contribution in [1.29, 1.82) is 0 Å². The van der Waals surface area contributed by atoms with Gasteiger partial charge in [0.1, 0.15) is 6.33 Å². The first-order valence-electron chi connectivity index (χ1n) is 3.85. The molecule has 0 saturated heterocycles. The molecule has 1 N–H and O–H groups in total. The molecular weight excluding hydrogens is 170 g/mol. The van der Waals surface area contributed by atoms with Gasteiger partial charge in [0.25, 0.3) is 0 Å². The lowest BCUT2D eigenvalue weighted by atomic mass is 10.5. The second-order valence-electron chi connectivity index (χ2n) is 2.38. The van der Waals surface area contributed by atoms with Crippen LogP contribution in [0.25, 0.3) is 0 Å². The summed E-state index contributed by atoms with van der Waals surface area (Å²) in [7, 11) is 0. The van der Waals surface area contributed by atoms with Crippen LogP contribution in [-0.4, -0.2) is 27.4 Å². The molecule has 0 saturated carbocycles. The molecule has 5 nitrogen and oxygen atoms in total. The summed E-state index contributed by atoms with van der Waals surface area (Å²) in [4.78, 5) is 14.5. The lowest BCUT2D eigenvalue weighted by Gasteiger charge is -2.17. The van der Waals surface area contributed by atoms with E-state index in [-0.39, 0.29) is 0 Å². The van der Waals surface area contributed by atoms with Crippen molar-refractivity contribution < 1.29 is 9.90 Å². The molecule has 13 heavy (non-hydrogen) atoms. The third kappa shape index (κ3) is 2.33. The molecule has 1 heterocycles.